The molecule has 4 nitrogen and oxygen atoms in total. The Labute approximate surface area is 92.3 Å². The van der Waals surface area contributed by atoms with Crippen LogP contribution in [0.3, 0.4) is 0 Å². The van der Waals surface area contributed by atoms with Crippen LogP contribution in [0.15, 0.2) is 0 Å². The molecule has 3 N–H and O–H groups in total. The lowest BCUT2D eigenvalue weighted by Crippen LogP contribution is -2.53. The van der Waals surface area contributed by atoms with Crippen molar-refractivity contribution < 1.29 is 4.74 Å². The smallest absolute Gasteiger partial charge is 0.0905 e. The predicted octanol–water partition coefficient (Wildman–Crippen LogP) is 1.20. The molecule has 0 atom stereocenters. The third-order valence-electron chi connectivity index (χ3n) is 2.94. The summed E-state index contributed by atoms with van der Waals surface area (Å²) in [5.74, 6) is 0.302. The fraction of sp³-hybridized carbons (Fsp3) is 0.909. The molecule has 1 saturated heterocycles. The van der Waals surface area contributed by atoms with Crippen molar-refractivity contribution in [3.05, 3.63) is 0 Å². The van der Waals surface area contributed by atoms with Gasteiger partial charge in [-0.1, -0.05) is 0 Å². The maximum atomic E-state index is 7.14. The van der Waals surface area contributed by atoms with Gasteiger partial charge in [-0.05, 0) is 33.2 Å². The summed E-state index contributed by atoms with van der Waals surface area (Å²) in [4.78, 5) is 2.47. The van der Waals surface area contributed by atoms with E-state index >= 15 is 0 Å². The number of hydrogen-bond acceptors (Lipinski definition) is 3. The van der Waals surface area contributed by atoms with Crippen molar-refractivity contribution in [2.24, 2.45) is 5.73 Å². The molecule has 0 aromatic rings. The van der Waals surface area contributed by atoms with Crippen molar-refractivity contribution in [1.29, 1.82) is 5.41 Å². The van der Waals surface area contributed by atoms with Crippen molar-refractivity contribution in [2.45, 2.75) is 38.6 Å². The van der Waals surface area contributed by atoms with Gasteiger partial charge in [0.15, 0.2) is 0 Å². The van der Waals surface area contributed by atoms with Crippen molar-refractivity contribution in [1.82, 2.24) is 4.90 Å². The van der Waals surface area contributed by atoms with E-state index in [0.29, 0.717) is 5.84 Å². The highest BCUT2D eigenvalue weighted by atomic mass is 16.5. The summed E-state index contributed by atoms with van der Waals surface area (Å²) in [6.45, 7) is 8.21. The molecule has 1 rings (SSSR count). The minimum atomic E-state index is 0.161. The molecule has 0 aromatic carbocycles. The Kier molecular flexibility index (Phi) is 4.54. The monoisotopic (exact) mass is 213 g/mol. The average molecular weight is 213 g/mol. The largest absolute Gasteiger partial charge is 0.388 e. The van der Waals surface area contributed by atoms with Gasteiger partial charge < -0.3 is 10.5 Å². The summed E-state index contributed by atoms with van der Waals surface area (Å²) < 4.78 is 5.46. The number of unbranched alkanes of at least 4 members (excludes halogenated alkanes) is 1. The first-order valence-corrected chi connectivity index (χ1v) is 5.68. The molecule has 4 heteroatoms. The first-order valence-electron chi connectivity index (χ1n) is 5.68. The van der Waals surface area contributed by atoms with Crippen molar-refractivity contribution in [3.8, 4) is 0 Å². The molecule has 0 amide bonds. The second-order valence-electron chi connectivity index (χ2n) is 4.83. The van der Waals surface area contributed by atoms with Crippen LogP contribution in [-0.2, 0) is 4.74 Å². The van der Waals surface area contributed by atoms with Crippen LogP contribution in [0.25, 0.3) is 0 Å². The van der Waals surface area contributed by atoms with Crippen LogP contribution in [0.5, 0.6) is 0 Å². The molecule has 0 radical (unpaired) electrons. The molecule has 1 heterocycles. The SMILES string of the molecule is CC1(C)COCCN1CCCCC(=N)N. The lowest BCUT2D eigenvalue weighted by Gasteiger charge is -2.42. The molecule has 1 aliphatic rings. The van der Waals surface area contributed by atoms with Crippen molar-refractivity contribution in [3.63, 3.8) is 0 Å². The predicted molar refractivity (Wildman–Crippen MR) is 62.2 cm³/mol. The minimum Gasteiger partial charge on any atom is -0.388 e. The van der Waals surface area contributed by atoms with Crippen LogP contribution in [0, 0.1) is 5.41 Å². The lowest BCUT2D eigenvalue weighted by molar-refractivity contribution is -0.0512. The third kappa shape index (κ3) is 4.18. The maximum Gasteiger partial charge on any atom is 0.0905 e. The van der Waals surface area contributed by atoms with E-state index in [-0.39, 0.29) is 5.54 Å². The van der Waals surface area contributed by atoms with Gasteiger partial charge in [0.1, 0.15) is 0 Å². The van der Waals surface area contributed by atoms with Crippen LogP contribution < -0.4 is 5.73 Å². The Hall–Kier alpha value is -0.610. The zero-order valence-electron chi connectivity index (χ0n) is 9.88. The molecule has 1 fully saturated rings. The number of nitrogens with one attached hydrogen (secondary N) is 1. The van der Waals surface area contributed by atoms with Crippen LogP contribution >= 0.6 is 0 Å². The Balaban J connectivity index is 2.21. The Morgan fingerprint density at radius 3 is 2.80 bits per heavy atom. The molecule has 0 bridgehead atoms. The average Bonchev–Trinajstić information content (AvgIpc) is 2.13. The molecule has 0 saturated carbocycles. The molecule has 0 unspecified atom stereocenters. The summed E-state index contributed by atoms with van der Waals surface area (Å²) in [6, 6.07) is 0. The summed E-state index contributed by atoms with van der Waals surface area (Å²) >= 11 is 0. The second kappa shape index (κ2) is 5.47. The standard InChI is InChI=1S/C11H23N3O/c1-11(2)9-15-8-7-14(11)6-4-3-5-10(12)13/h3-9H2,1-2H3,(H3,12,13). The first-order chi connectivity index (χ1) is 7.02. The number of hydrogen-bond donors (Lipinski definition) is 2. The van der Waals surface area contributed by atoms with E-state index < -0.39 is 0 Å². The molecule has 0 aromatic heterocycles. The van der Waals surface area contributed by atoms with Gasteiger partial charge in [-0.15, -0.1) is 0 Å². The normalized spacial score (nSPS) is 21.5. The minimum absolute atomic E-state index is 0.161. The van der Waals surface area contributed by atoms with Crippen LogP contribution in [0.2, 0.25) is 0 Å². The summed E-state index contributed by atoms with van der Waals surface area (Å²) in [7, 11) is 0. The highest BCUT2D eigenvalue weighted by molar-refractivity contribution is 5.76. The van der Waals surface area contributed by atoms with E-state index in [9.17, 15) is 0 Å². The van der Waals surface area contributed by atoms with E-state index in [1.54, 1.807) is 0 Å². The topological polar surface area (TPSA) is 62.3 Å². The number of morpholine rings is 1. The fourth-order valence-electron chi connectivity index (χ4n) is 1.92. The number of rotatable bonds is 5. The Morgan fingerprint density at radius 1 is 1.47 bits per heavy atom. The van der Waals surface area contributed by atoms with Crippen LogP contribution in [-0.4, -0.2) is 42.6 Å². The van der Waals surface area contributed by atoms with Gasteiger partial charge in [-0.2, -0.15) is 0 Å². The quantitative estimate of drug-likeness (QED) is 0.410. The number of nitrogens with zero attached hydrogens (tertiary/aromatic N) is 1. The van der Waals surface area contributed by atoms with Crippen molar-refractivity contribution in [2.75, 3.05) is 26.3 Å². The van der Waals surface area contributed by atoms with Crippen LogP contribution in [0.1, 0.15) is 33.1 Å². The zero-order valence-corrected chi connectivity index (χ0v) is 9.88. The third-order valence-corrected chi connectivity index (χ3v) is 2.94. The molecular formula is C11H23N3O. The summed E-state index contributed by atoms with van der Waals surface area (Å²) in [5, 5.41) is 7.14. The zero-order chi connectivity index (χ0) is 11.3. The van der Waals surface area contributed by atoms with E-state index in [0.717, 1.165) is 45.6 Å². The molecule has 1 aliphatic heterocycles. The van der Waals surface area contributed by atoms with E-state index in [2.05, 4.69) is 18.7 Å². The highest BCUT2D eigenvalue weighted by Crippen LogP contribution is 2.19. The van der Waals surface area contributed by atoms with Gasteiger partial charge in [-0.3, -0.25) is 10.3 Å². The maximum absolute atomic E-state index is 7.14. The van der Waals surface area contributed by atoms with Crippen LogP contribution in [0.4, 0.5) is 0 Å². The number of nitrogens with two attached hydrogens (primary N) is 1. The summed E-state index contributed by atoms with van der Waals surface area (Å²) in [6.07, 6.45) is 2.86. The van der Waals surface area contributed by atoms with Gasteiger partial charge in [0.25, 0.3) is 0 Å². The molecule has 0 spiro atoms. The Bertz CT molecular complexity index is 216. The van der Waals surface area contributed by atoms with Gasteiger partial charge in [0, 0.05) is 18.5 Å². The number of amidine groups is 1. The van der Waals surface area contributed by atoms with Gasteiger partial charge in [0.05, 0.1) is 19.0 Å². The molecule has 88 valence electrons. The van der Waals surface area contributed by atoms with Gasteiger partial charge in [-0.25, -0.2) is 0 Å². The number of ether oxygens (including phenoxy) is 1. The Morgan fingerprint density at radius 2 is 2.20 bits per heavy atom. The van der Waals surface area contributed by atoms with E-state index in [4.69, 9.17) is 15.9 Å². The second-order valence-corrected chi connectivity index (χ2v) is 4.83. The first kappa shape index (κ1) is 12.5. The molecule has 15 heavy (non-hydrogen) atoms. The van der Waals surface area contributed by atoms with Gasteiger partial charge >= 0.3 is 0 Å². The highest BCUT2D eigenvalue weighted by Gasteiger charge is 2.29. The fourth-order valence-corrected chi connectivity index (χ4v) is 1.92. The van der Waals surface area contributed by atoms with Gasteiger partial charge in [0.2, 0.25) is 0 Å². The molecule has 0 aliphatic carbocycles. The van der Waals surface area contributed by atoms with E-state index in [1.165, 1.54) is 0 Å². The van der Waals surface area contributed by atoms with Crippen molar-refractivity contribution >= 4 is 5.84 Å². The lowest BCUT2D eigenvalue weighted by atomic mass is 10.0. The molecular weight excluding hydrogens is 190 g/mol. The summed E-state index contributed by atoms with van der Waals surface area (Å²) in [5.41, 5.74) is 5.48. The van der Waals surface area contributed by atoms with E-state index in [1.807, 2.05) is 0 Å².